The topological polar surface area (TPSA) is 74.8 Å². The second-order valence-electron chi connectivity index (χ2n) is 5.63. The smallest absolute Gasteiger partial charge is 0.214 e. The van der Waals surface area contributed by atoms with Gasteiger partial charge >= 0.3 is 0 Å². The Morgan fingerprint density at radius 2 is 1.91 bits per heavy atom. The van der Waals surface area contributed by atoms with Crippen LogP contribution in [0.15, 0.2) is 41.3 Å². The molecule has 0 aliphatic carbocycles. The summed E-state index contributed by atoms with van der Waals surface area (Å²) in [6, 6.07) is 11.7. The first-order valence-electron chi connectivity index (χ1n) is 7.48. The number of hydrogen-bond acceptors (Lipinski definition) is 5. The van der Waals surface area contributed by atoms with Crippen LogP contribution in [-0.4, -0.2) is 47.3 Å². The molecule has 0 bridgehead atoms. The number of benzene rings is 1. The molecule has 2 rings (SSSR count). The van der Waals surface area contributed by atoms with Crippen LogP contribution in [0.3, 0.4) is 0 Å². The van der Waals surface area contributed by atoms with Crippen LogP contribution in [0.1, 0.15) is 6.42 Å². The first-order chi connectivity index (χ1) is 11.0. The van der Waals surface area contributed by atoms with Gasteiger partial charge in [-0.05, 0) is 36.9 Å². The number of thioether (sulfide) groups is 1. The molecule has 0 aliphatic heterocycles. The molecule has 0 amide bonds. The van der Waals surface area contributed by atoms with Crippen molar-refractivity contribution >= 4 is 20.1 Å². The van der Waals surface area contributed by atoms with Gasteiger partial charge in [0.15, 0.2) is 5.88 Å². The quantitative estimate of drug-likeness (QED) is 0.386. The maximum atomic E-state index is 10.3. The molecule has 5 nitrogen and oxygen atoms in total. The van der Waals surface area contributed by atoms with Gasteiger partial charge < -0.3 is 19.7 Å². The van der Waals surface area contributed by atoms with Gasteiger partial charge in [0.05, 0.1) is 16.8 Å². The summed E-state index contributed by atoms with van der Waals surface area (Å²) >= 11 is 1.49. The number of aromatic hydroxyl groups is 2. The number of aliphatic hydroxyl groups is 1. The third kappa shape index (κ3) is 4.32. The maximum Gasteiger partial charge on any atom is 0.214 e. The van der Waals surface area contributed by atoms with E-state index in [-0.39, 0.29) is 18.0 Å². The van der Waals surface area contributed by atoms with Crippen molar-refractivity contribution in [3.05, 3.63) is 36.4 Å². The van der Waals surface area contributed by atoms with Crippen molar-refractivity contribution in [3.8, 4) is 17.4 Å². The number of hydrogen-bond donors (Lipinski definition) is 3. The Hall–Kier alpha value is -1.41. The molecular weight excluding hydrogens is 330 g/mol. The minimum Gasteiger partial charge on any atom is -0.494 e. The summed E-state index contributed by atoms with van der Waals surface area (Å²) in [5, 5.41) is 29.8. The Balaban J connectivity index is 2.00. The van der Waals surface area contributed by atoms with Crippen LogP contribution in [0.25, 0.3) is 5.69 Å². The second kappa shape index (κ2) is 7.92. The van der Waals surface area contributed by atoms with Gasteiger partial charge in [-0.25, -0.2) is 0 Å². The molecule has 3 N–H and O–H groups in total. The van der Waals surface area contributed by atoms with E-state index in [0.29, 0.717) is 10.6 Å². The third-order valence-corrected chi connectivity index (χ3v) is 8.04. The highest BCUT2D eigenvalue weighted by Crippen LogP contribution is 2.38. The van der Waals surface area contributed by atoms with E-state index in [9.17, 15) is 15.3 Å². The fraction of sp³-hybridized carbons (Fsp3) is 0.375. The highest BCUT2D eigenvalue weighted by atomic mass is 32.2. The second-order valence-corrected chi connectivity index (χ2v) is 10.9. The molecule has 0 radical (unpaired) electrons. The molecule has 0 aliphatic rings. The average Bonchev–Trinajstić information content (AvgIpc) is 2.86. The van der Waals surface area contributed by atoms with Crippen LogP contribution in [0.5, 0.6) is 11.8 Å². The third-order valence-electron chi connectivity index (χ3n) is 3.87. The van der Waals surface area contributed by atoms with Crippen molar-refractivity contribution in [2.75, 3.05) is 19.1 Å². The highest BCUT2D eigenvalue weighted by molar-refractivity contribution is 7.99. The summed E-state index contributed by atoms with van der Waals surface area (Å²) in [7, 11) is -0.330. The van der Waals surface area contributed by atoms with Crippen molar-refractivity contribution in [1.29, 1.82) is 0 Å². The Morgan fingerprint density at radius 1 is 1.22 bits per heavy atom. The summed E-state index contributed by atoms with van der Waals surface area (Å²) in [5.41, 5.74) is 0.717. The predicted octanol–water partition coefficient (Wildman–Crippen LogP) is 3.12. The van der Waals surface area contributed by atoms with Crippen LogP contribution in [-0.2, 0) is 4.43 Å². The molecule has 0 saturated heterocycles. The highest BCUT2D eigenvalue weighted by Gasteiger charge is 2.26. The number of rotatable bonds is 8. The number of nitrogens with zero attached hydrogens (tertiary/aromatic N) is 1. The lowest BCUT2D eigenvalue weighted by Crippen LogP contribution is -2.38. The van der Waals surface area contributed by atoms with Gasteiger partial charge in [-0.1, -0.05) is 18.2 Å². The van der Waals surface area contributed by atoms with Gasteiger partial charge in [0.2, 0.25) is 14.2 Å². The van der Waals surface area contributed by atoms with E-state index in [1.165, 1.54) is 16.3 Å². The normalized spacial score (nSPS) is 13.9. The SMILES string of the molecule is CO[Si](C)(CO)CCCSc1cc(O)n(-c2ccccc2)c1O. The Morgan fingerprint density at radius 3 is 2.52 bits per heavy atom. The fourth-order valence-electron chi connectivity index (χ4n) is 2.28. The van der Waals surface area contributed by atoms with Gasteiger partial charge in [0, 0.05) is 13.2 Å². The summed E-state index contributed by atoms with van der Waals surface area (Å²) in [6.07, 6.45) is 1.00. The van der Waals surface area contributed by atoms with E-state index in [0.717, 1.165) is 18.2 Å². The molecular formula is C16H23NO4SSi. The average molecular weight is 354 g/mol. The van der Waals surface area contributed by atoms with Crippen LogP contribution < -0.4 is 0 Å². The number of aromatic nitrogens is 1. The van der Waals surface area contributed by atoms with Gasteiger partial charge in [-0.2, -0.15) is 0 Å². The minimum absolute atomic E-state index is 0.0164. The number of para-hydroxylation sites is 1. The van der Waals surface area contributed by atoms with E-state index >= 15 is 0 Å². The molecule has 0 saturated carbocycles. The van der Waals surface area contributed by atoms with Crippen molar-refractivity contribution in [2.24, 2.45) is 0 Å². The van der Waals surface area contributed by atoms with E-state index in [4.69, 9.17) is 4.43 Å². The van der Waals surface area contributed by atoms with Gasteiger partial charge in [-0.15, -0.1) is 11.8 Å². The van der Waals surface area contributed by atoms with Crippen molar-refractivity contribution in [1.82, 2.24) is 4.57 Å². The molecule has 1 aromatic carbocycles. The maximum absolute atomic E-state index is 10.3. The molecule has 0 spiro atoms. The number of aliphatic hydroxyl groups excluding tert-OH is 1. The molecule has 23 heavy (non-hydrogen) atoms. The molecule has 126 valence electrons. The van der Waals surface area contributed by atoms with Crippen molar-refractivity contribution < 1.29 is 19.7 Å². The van der Waals surface area contributed by atoms with Crippen LogP contribution in [0, 0.1) is 0 Å². The van der Waals surface area contributed by atoms with Crippen molar-refractivity contribution in [3.63, 3.8) is 0 Å². The van der Waals surface area contributed by atoms with Gasteiger partial charge in [0.25, 0.3) is 0 Å². The van der Waals surface area contributed by atoms with E-state index in [1.807, 2.05) is 36.9 Å². The van der Waals surface area contributed by atoms with E-state index < -0.39 is 8.32 Å². The zero-order chi connectivity index (χ0) is 16.9. The monoisotopic (exact) mass is 353 g/mol. The predicted molar refractivity (Wildman–Crippen MR) is 95.0 cm³/mol. The Labute approximate surface area is 141 Å². The molecule has 1 atom stereocenters. The van der Waals surface area contributed by atoms with Gasteiger partial charge in [0.1, 0.15) is 0 Å². The van der Waals surface area contributed by atoms with E-state index in [2.05, 4.69) is 0 Å². The molecule has 1 aromatic heterocycles. The zero-order valence-corrected chi connectivity index (χ0v) is 15.2. The Bertz CT molecular complexity index is 629. The lowest BCUT2D eigenvalue weighted by molar-refractivity contribution is 0.300. The lowest BCUT2D eigenvalue weighted by atomic mass is 10.3. The molecule has 1 heterocycles. The summed E-state index contributed by atoms with van der Waals surface area (Å²) in [6.45, 7) is 2.01. The van der Waals surface area contributed by atoms with Crippen LogP contribution in [0.4, 0.5) is 0 Å². The summed E-state index contributed by atoms with van der Waals surface area (Å²) < 4.78 is 6.85. The fourth-order valence-corrected chi connectivity index (χ4v) is 4.87. The first-order valence-corrected chi connectivity index (χ1v) is 11.3. The Kier molecular flexibility index (Phi) is 6.17. The van der Waals surface area contributed by atoms with Crippen LogP contribution in [0.2, 0.25) is 12.6 Å². The summed E-state index contributed by atoms with van der Waals surface area (Å²) in [4.78, 5) is 0.649. The zero-order valence-electron chi connectivity index (χ0n) is 13.4. The molecule has 2 aromatic rings. The van der Waals surface area contributed by atoms with Gasteiger partial charge in [-0.3, -0.25) is 4.57 Å². The minimum atomic E-state index is -1.98. The lowest BCUT2D eigenvalue weighted by Gasteiger charge is -2.22. The van der Waals surface area contributed by atoms with Crippen LogP contribution >= 0.6 is 11.8 Å². The first kappa shape index (κ1) is 17.9. The largest absolute Gasteiger partial charge is 0.494 e. The standard InChI is InChI=1S/C16H23NO4SSi/c1-21-23(2,12-18)10-6-9-22-14-11-15(19)17(16(14)20)13-7-4-3-5-8-13/h3-5,7-8,11,18-20H,6,9-10,12H2,1-2H3. The molecule has 7 heteroatoms. The van der Waals surface area contributed by atoms with E-state index in [1.54, 1.807) is 13.2 Å². The molecule has 1 unspecified atom stereocenters. The molecule has 0 fully saturated rings. The summed E-state index contributed by atoms with van der Waals surface area (Å²) in [5.74, 6) is 0.855. The van der Waals surface area contributed by atoms with Crippen molar-refractivity contribution in [2.45, 2.75) is 23.9 Å².